The number of nitrogens with one attached hydrogen (secondary N) is 1. The largest absolute Gasteiger partial charge is 0.486 e. The van der Waals surface area contributed by atoms with Gasteiger partial charge in [0.25, 0.3) is 0 Å². The molecule has 0 unspecified atom stereocenters. The van der Waals surface area contributed by atoms with E-state index in [0.717, 1.165) is 11.1 Å². The molecule has 2 aliphatic heterocycles. The lowest BCUT2D eigenvalue weighted by atomic mass is 9.77. The summed E-state index contributed by atoms with van der Waals surface area (Å²) < 4.78 is 17.0. The Morgan fingerprint density at radius 2 is 1.91 bits per heavy atom. The molecule has 0 radical (unpaired) electrons. The van der Waals surface area contributed by atoms with E-state index in [-0.39, 0.29) is 44.7 Å². The van der Waals surface area contributed by atoms with Crippen molar-refractivity contribution in [3.8, 4) is 17.2 Å². The summed E-state index contributed by atoms with van der Waals surface area (Å²) in [6.07, 6.45) is 0.0976. The third-order valence-electron chi connectivity index (χ3n) is 6.65. The SMILES string of the molecule is CCC(=O)N(Cc1ccc2c(c1)OCO2)[C@@H]1C=C(C(=O)NCCO)[C@@H]2c3ccccc3O[C@@H]2[C@H]1O. The lowest BCUT2D eigenvalue weighted by molar-refractivity contribution is -0.137. The molecule has 0 saturated heterocycles. The number of carbonyl (C=O) groups excluding carboxylic acids is 2. The molecule has 0 saturated carbocycles. The molecule has 2 aromatic rings. The van der Waals surface area contributed by atoms with Gasteiger partial charge < -0.3 is 34.6 Å². The van der Waals surface area contributed by atoms with Crippen molar-refractivity contribution in [3.05, 3.63) is 65.2 Å². The van der Waals surface area contributed by atoms with E-state index in [2.05, 4.69) is 5.32 Å². The van der Waals surface area contributed by atoms with Crippen LogP contribution >= 0.6 is 0 Å². The first-order chi connectivity index (χ1) is 17.0. The van der Waals surface area contributed by atoms with Crippen LogP contribution in [-0.4, -0.2) is 65.1 Å². The molecule has 0 aromatic heterocycles. The van der Waals surface area contributed by atoms with Gasteiger partial charge in [0.05, 0.1) is 18.6 Å². The Kier molecular flexibility index (Phi) is 6.36. The number of aliphatic hydroxyl groups excluding tert-OH is 2. The van der Waals surface area contributed by atoms with Crippen LogP contribution in [0.5, 0.6) is 17.2 Å². The third-order valence-corrected chi connectivity index (χ3v) is 6.65. The molecule has 0 spiro atoms. The molecule has 4 atom stereocenters. The Bertz CT molecular complexity index is 1160. The fraction of sp³-hybridized carbons (Fsp3) is 0.385. The van der Waals surface area contributed by atoms with Crippen LogP contribution in [-0.2, 0) is 16.1 Å². The normalized spacial score (nSPS) is 23.6. The van der Waals surface area contributed by atoms with Crippen molar-refractivity contribution in [2.75, 3.05) is 19.9 Å². The first-order valence-electron chi connectivity index (χ1n) is 11.7. The molecule has 2 heterocycles. The molecule has 5 rings (SSSR count). The first-order valence-corrected chi connectivity index (χ1v) is 11.7. The lowest BCUT2D eigenvalue weighted by Gasteiger charge is -2.40. The van der Waals surface area contributed by atoms with E-state index in [1.54, 1.807) is 30.0 Å². The summed E-state index contributed by atoms with van der Waals surface area (Å²) in [4.78, 5) is 27.8. The van der Waals surface area contributed by atoms with E-state index in [0.29, 0.717) is 22.8 Å². The van der Waals surface area contributed by atoms with Crippen molar-refractivity contribution in [1.29, 1.82) is 0 Å². The standard InChI is InChI=1S/C26H28N2O7/c1-2-22(30)28(13-15-7-8-20-21(11-15)34-14-33-20)18-12-17(26(32)27-9-10-29)23-16-5-3-4-6-19(16)35-25(23)24(18)31/h3-8,11-12,18,23-25,29,31H,2,9-10,13-14H2,1H3,(H,27,32)/t18-,23+,24+,25+/m1/s1. The van der Waals surface area contributed by atoms with Crippen LogP contribution in [0.4, 0.5) is 0 Å². The minimum atomic E-state index is -1.06. The van der Waals surface area contributed by atoms with Gasteiger partial charge in [-0.2, -0.15) is 0 Å². The van der Waals surface area contributed by atoms with E-state index in [1.165, 1.54) is 0 Å². The molecule has 9 heteroatoms. The highest BCUT2D eigenvalue weighted by Crippen LogP contribution is 2.47. The second-order valence-corrected chi connectivity index (χ2v) is 8.74. The highest BCUT2D eigenvalue weighted by atomic mass is 16.7. The molecule has 35 heavy (non-hydrogen) atoms. The maximum atomic E-state index is 13.1. The summed E-state index contributed by atoms with van der Waals surface area (Å²) in [5.41, 5.74) is 2.02. The predicted molar refractivity (Wildman–Crippen MR) is 125 cm³/mol. The van der Waals surface area contributed by atoms with Crippen molar-refractivity contribution in [1.82, 2.24) is 10.2 Å². The fourth-order valence-electron chi connectivity index (χ4n) is 4.99. The average molecular weight is 481 g/mol. The van der Waals surface area contributed by atoms with E-state index >= 15 is 0 Å². The Labute approximate surface area is 202 Å². The van der Waals surface area contributed by atoms with Gasteiger partial charge in [-0.05, 0) is 29.8 Å². The molecular weight excluding hydrogens is 452 g/mol. The summed E-state index contributed by atoms with van der Waals surface area (Å²) >= 11 is 0. The topological polar surface area (TPSA) is 118 Å². The van der Waals surface area contributed by atoms with E-state index in [1.807, 2.05) is 30.3 Å². The maximum absolute atomic E-state index is 13.1. The minimum Gasteiger partial charge on any atom is -0.486 e. The van der Waals surface area contributed by atoms with Crippen LogP contribution in [0.1, 0.15) is 30.4 Å². The Balaban J connectivity index is 1.52. The average Bonchev–Trinajstić information content (AvgIpc) is 3.50. The Hall–Kier alpha value is -3.56. The smallest absolute Gasteiger partial charge is 0.247 e. The van der Waals surface area contributed by atoms with Crippen molar-refractivity contribution in [3.63, 3.8) is 0 Å². The number of carbonyl (C=O) groups is 2. The number of para-hydroxylation sites is 1. The van der Waals surface area contributed by atoms with Crippen molar-refractivity contribution in [2.24, 2.45) is 0 Å². The zero-order valence-corrected chi connectivity index (χ0v) is 19.3. The number of nitrogens with zero attached hydrogens (tertiary/aromatic N) is 1. The van der Waals surface area contributed by atoms with Crippen LogP contribution in [0.25, 0.3) is 0 Å². The molecule has 184 valence electrons. The predicted octanol–water partition coefficient (Wildman–Crippen LogP) is 1.48. The summed E-state index contributed by atoms with van der Waals surface area (Å²) in [7, 11) is 0. The van der Waals surface area contributed by atoms with Gasteiger partial charge in [0.15, 0.2) is 11.5 Å². The molecule has 3 N–H and O–H groups in total. The second-order valence-electron chi connectivity index (χ2n) is 8.74. The molecule has 0 fully saturated rings. The number of ether oxygens (including phenoxy) is 3. The third kappa shape index (κ3) is 4.21. The number of hydrogen-bond donors (Lipinski definition) is 3. The summed E-state index contributed by atoms with van der Waals surface area (Å²) in [5.74, 6) is 0.824. The van der Waals surface area contributed by atoms with E-state index in [9.17, 15) is 19.8 Å². The van der Waals surface area contributed by atoms with Crippen LogP contribution in [0.3, 0.4) is 0 Å². The number of rotatable bonds is 7. The summed E-state index contributed by atoms with van der Waals surface area (Å²) in [5, 5.41) is 23.4. The second kappa shape index (κ2) is 9.59. The van der Waals surface area contributed by atoms with Gasteiger partial charge in [-0.15, -0.1) is 0 Å². The number of fused-ring (bicyclic) bond motifs is 4. The molecule has 1 aliphatic carbocycles. The summed E-state index contributed by atoms with van der Waals surface area (Å²) in [6, 6.07) is 12.0. The minimum absolute atomic E-state index is 0.0953. The van der Waals surface area contributed by atoms with Crippen molar-refractivity contribution < 1.29 is 34.0 Å². The van der Waals surface area contributed by atoms with Crippen LogP contribution in [0, 0.1) is 0 Å². The maximum Gasteiger partial charge on any atom is 0.247 e. The van der Waals surface area contributed by atoms with E-state index < -0.39 is 24.2 Å². The quantitative estimate of drug-likeness (QED) is 0.550. The molecule has 2 aromatic carbocycles. The zero-order valence-electron chi connectivity index (χ0n) is 19.3. The van der Waals surface area contributed by atoms with Gasteiger partial charge >= 0.3 is 0 Å². The fourth-order valence-corrected chi connectivity index (χ4v) is 4.99. The number of amides is 2. The lowest BCUT2D eigenvalue weighted by Crippen LogP contribution is -2.55. The number of benzene rings is 2. The van der Waals surface area contributed by atoms with Gasteiger partial charge in [-0.3, -0.25) is 9.59 Å². The molecular formula is C26H28N2O7. The van der Waals surface area contributed by atoms with E-state index in [4.69, 9.17) is 14.2 Å². The highest BCUT2D eigenvalue weighted by Gasteiger charge is 2.50. The molecule has 3 aliphatic rings. The van der Waals surface area contributed by atoms with Gasteiger partial charge in [0.1, 0.15) is 18.0 Å². The van der Waals surface area contributed by atoms with Gasteiger partial charge in [0.2, 0.25) is 18.6 Å². The van der Waals surface area contributed by atoms with Crippen LogP contribution in [0.15, 0.2) is 54.1 Å². The Morgan fingerprint density at radius 3 is 2.71 bits per heavy atom. The first kappa shape index (κ1) is 23.2. The van der Waals surface area contributed by atoms with Gasteiger partial charge in [-0.1, -0.05) is 31.2 Å². The molecule has 9 nitrogen and oxygen atoms in total. The number of hydrogen-bond acceptors (Lipinski definition) is 7. The van der Waals surface area contributed by atoms with Gasteiger partial charge in [-0.25, -0.2) is 0 Å². The van der Waals surface area contributed by atoms with Crippen LogP contribution < -0.4 is 19.5 Å². The van der Waals surface area contributed by atoms with Crippen molar-refractivity contribution in [2.45, 2.75) is 44.1 Å². The highest BCUT2D eigenvalue weighted by molar-refractivity contribution is 5.96. The molecule has 2 amide bonds. The van der Waals surface area contributed by atoms with Gasteiger partial charge in [0, 0.05) is 30.6 Å². The monoisotopic (exact) mass is 480 g/mol. The number of aliphatic hydroxyl groups is 2. The summed E-state index contributed by atoms with van der Waals surface area (Å²) in [6.45, 7) is 2.01. The zero-order chi connectivity index (χ0) is 24.5. The van der Waals surface area contributed by atoms with Crippen LogP contribution in [0.2, 0.25) is 0 Å². The Morgan fingerprint density at radius 1 is 1.11 bits per heavy atom. The molecule has 0 bridgehead atoms. The van der Waals surface area contributed by atoms with Crippen molar-refractivity contribution >= 4 is 11.8 Å².